The van der Waals surface area contributed by atoms with E-state index in [1.54, 1.807) is 61.5 Å². The van der Waals surface area contributed by atoms with Crippen molar-refractivity contribution in [3.8, 4) is 0 Å². The first kappa shape index (κ1) is 22.7. The summed E-state index contributed by atoms with van der Waals surface area (Å²) in [7, 11) is 0. The van der Waals surface area contributed by atoms with Crippen LogP contribution in [0.25, 0.3) is 12.2 Å². The predicted molar refractivity (Wildman–Crippen MR) is 125 cm³/mol. The second-order valence-corrected chi connectivity index (χ2v) is 9.79. The number of nitrogens with one attached hydrogen (secondary N) is 1. The van der Waals surface area contributed by atoms with Gasteiger partial charge in [0.05, 0.1) is 6.54 Å². The third kappa shape index (κ3) is 5.83. The van der Waals surface area contributed by atoms with E-state index in [2.05, 4.69) is 15.3 Å². The minimum atomic E-state index is -0.669. The van der Waals surface area contributed by atoms with Gasteiger partial charge in [0.15, 0.2) is 0 Å². The van der Waals surface area contributed by atoms with Crippen molar-refractivity contribution in [2.75, 3.05) is 25.0 Å². The SMILES string of the molecule is CC(C)(C)OC(=O)N1CC(=O)Nc2ncc(/C=C/C(=O)N3CC(=Cc4nccs4)C3)cc2C1. The summed E-state index contributed by atoms with van der Waals surface area (Å²) < 4.78 is 5.41. The van der Waals surface area contributed by atoms with E-state index in [0.717, 1.165) is 10.6 Å². The lowest BCUT2D eigenvalue weighted by Crippen LogP contribution is -2.43. The zero-order valence-electron chi connectivity index (χ0n) is 18.7. The topological polar surface area (TPSA) is 105 Å². The molecular weight excluding hydrogens is 442 g/mol. The molecule has 0 aliphatic carbocycles. The third-order valence-corrected chi connectivity index (χ3v) is 5.61. The van der Waals surface area contributed by atoms with Gasteiger partial charge in [0, 0.05) is 42.5 Å². The number of likely N-dealkylation sites (tertiary alicyclic amines) is 1. The van der Waals surface area contributed by atoms with Crippen molar-refractivity contribution in [3.05, 3.63) is 51.6 Å². The molecule has 0 aromatic carbocycles. The molecule has 0 atom stereocenters. The lowest BCUT2D eigenvalue weighted by atomic mass is 10.1. The maximum absolute atomic E-state index is 12.5. The van der Waals surface area contributed by atoms with Crippen LogP contribution >= 0.6 is 11.3 Å². The number of anilines is 1. The minimum absolute atomic E-state index is 0.0927. The van der Waals surface area contributed by atoms with Gasteiger partial charge in [0.2, 0.25) is 11.8 Å². The van der Waals surface area contributed by atoms with Gasteiger partial charge in [-0.05, 0) is 50.1 Å². The zero-order valence-corrected chi connectivity index (χ0v) is 19.5. The molecule has 2 aromatic heterocycles. The Bertz CT molecular complexity index is 1130. The molecule has 4 rings (SSSR count). The van der Waals surface area contributed by atoms with E-state index in [0.29, 0.717) is 30.0 Å². The molecule has 2 aromatic rings. The summed E-state index contributed by atoms with van der Waals surface area (Å²) in [6.07, 6.45) is 7.97. The average Bonchev–Trinajstić information content (AvgIpc) is 3.15. The maximum Gasteiger partial charge on any atom is 0.411 e. The molecule has 1 N–H and O–H groups in total. The first-order valence-electron chi connectivity index (χ1n) is 10.5. The smallest absolute Gasteiger partial charge is 0.411 e. The van der Waals surface area contributed by atoms with Crippen molar-refractivity contribution >= 4 is 47.2 Å². The number of aromatic nitrogens is 2. The molecule has 9 nitrogen and oxygen atoms in total. The molecule has 0 radical (unpaired) electrons. The van der Waals surface area contributed by atoms with Gasteiger partial charge in [0.1, 0.15) is 23.0 Å². The standard InChI is InChI=1S/C23H25N5O4S/c1-23(2,3)32-22(31)28-13-17-8-15(10-25-21(17)26-18(29)14-28)4-5-20(30)27-11-16(12-27)9-19-24-6-7-33-19/h4-10H,11-14H2,1-3H3,(H,25,26,29)/b5-4+. The van der Waals surface area contributed by atoms with Crippen LogP contribution < -0.4 is 5.32 Å². The number of carbonyl (C=O) groups is 3. The van der Waals surface area contributed by atoms with Gasteiger partial charge in [-0.1, -0.05) is 0 Å². The van der Waals surface area contributed by atoms with Crippen molar-refractivity contribution in [2.24, 2.45) is 0 Å². The van der Waals surface area contributed by atoms with Crippen molar-refractivity contribution in [1.82, 2.24) is 19.8 Å². The highest BCUT2D eigenvalue weighted by atomic mass is 32.1. The Morgan fingerprint density at radius 3 is 2.64 bits per heavy atom. The number of hydrogen-bond donors (Lipinski definition) is 1. The quantitative estimate of drug-likeness (QED) is 0.696. The van der Waals surface area contributed by atoms with Gasteiger partial charge in [-0.25, -0.2) is 14.8 Å². The van der Waals surface area contributed by atoms with Crippen LogP contribution in [0.4, 0.5) is 10.6 Å². The number of carbonyl (C=O) groups excluding carboxylic acids is 3. The van der Waals surface area contributed by atoms with E-state index < -0.39 is 11.7 Å². The van der Waals surface area contributed by atoms with Crippen LogP contribution in [-0.4, -0.2) is 62.9 Å². The average molecular weight is 468 g/mol. The van der Waals surface area contributed by atoms with Gasteiger partial charge in [-0.15, -0.1) is 11.3 Å². The van der Waals surface area contributed by atoms with Crippen molar-refractivity contribution in [2.45, 2.75) is 32.9 Å². The van der Waals surface area contributed by atoms with Crippen LogP contribution in [0.1, 0.15) is 36.9 Å². The molecule has 10 heteroatoms. The molecule has 2 aliphatic heterocycles. The largest absolute Gasteiger partial charge is 0.444 e. The van der Waals surface area contributed by atoms with Crippen LogP contribution in [0, 0.1) is 0 Å². The summed E-state index contributed by atoms with van der Waals surface area (Å²) in [5.41, 5.74) is 1.86. The highest BCUT2D eigenvalue weighted by Crippen LogP contribution is 2.23. The highest BCUT2D eigenvalue weighted by molar-refractivity contribution is 7.10. The molecule has 3 amide bonds. The summed E-state index contributed by atoms with van der Waals surface area (Å²) in [6.45, 7) is 6.53. The molecule has 0 spiro atoms. The summed E-state index contributed by atoms with van der Waals surface area (Å²) in [6, 6.07) is 1.80. The number of ether oxygens (including phenoxy) is 1. The lowest BCUT2D eigenvalue weighted by Gasteiger charge is -2.33. The molecule has 0 unspecified atom stereocenters. The van der Waals surface area contributed by atoms with Crippen molar-refractivity contribution in [1.29, 1.82) is 0 Å². The Hall–Kier alpha value is -3.53. The van der Waals surface area contributed by atoms with E-state index in [1.807, 2.05) is 11.5 Å². The molecule has 4 heterocycles. The van der Waals surface area contributed by atoms with Crippen LogP contribution in [0.3, 0.4) is 0 Å². The monoisotopic (exact) mass is 467 g/mol. The molecule has 0 bridgehead atoms. The van der Waals surface area contributed by atoms with Crippen LogP contribution in [0.2, 0.25) is 0 Å². The summed E-state index contributed by atoms with van der Waals surface area (Å²) in [4.78, 5) is 48.7. The Kier molecular flexibility index (Phi) is 6.28. The van der Waals surface area contributed by atoms with E-state index in [9.17, 15) is 14.4 Å². The predicted octanol–water partition coefficient (Wildman–Crippen LogP) is 3.17. The van der Waals surface area contributed by atoms with Crippen molar-refractivity contribution in [3.63, 3.8) is 0 Å². The van der Waals surface area contributed by atoms with Gasteiger partial charge in [-0.2, -0.15) is 0 Å². The first-order chi connectivity index (χ1) is 15.7. The van der Waals surface area contributed by atoms with Crippen LogP contribution in [-0.2, 0) is 20.9 Å². The fraction of sp³-hybridized carbons (Fsp3) is 0.348. The molecule has 2 aliphatic rings. The molecule has 172 valence electrons. The number of hydrogen-bond acceptors (Lipinski definition) is 7. The van der Waals surface area contributed by atoms with E-state index >= 15 is 0 Å². The van der Waals surface area contributed by atoms with Gasteiger partial charge < -0.3 is 15.0 Å². The molecule has 33 heavy (non-hydrogen) atoms. The second-order valence-electron chi connectivity index (χ2n) is 8.86. The Morgan fingerprint density at radius 1 is 1.15 bits per heavy atom. The third-order valence-electron chi connectivity index (χ3n) is 4.89. The number of amides is 3. The fourth-order valence-corrected chi connectivity index (χ4v) is 3.98. The lowest BCUT2D eigenvalue weighted by molar-refractivity contribution is -0.127. The van der Waals surface area contributed by atoms with E-state index in [4.69, 9.17) is 4.74 Å². The molecular formula is C23H25N5O4S. The fourth-order valence-electron chi connectivity index (χ4n) is 3.36. The highest BCUT2D eigenvalue weighted by Gasteiger charge is 2.28. The van der Waals surface area contributed by atoms with Gasteiger partial charge >= 0.3 is 6.09 Å². The van der Waals surface area contributed by atoms with Crippen LogP contribution in [0.15, 0.2) is 35.5 Å². The number of rotatable bonds is 3. The first-order valence-corrected chi connectivity index (χ1v) is 11.4. The van der Waals surface area contributed by atoms with Crippen LogP contribution in [0.5, 0.6) is 0 Å². The number of fused-ring (bicyclic) bond motifs is 1. The Balaban J connectivity index is 1.41. The Labute approximate surface area is 195 Å². The Morgan fingerprint density at radius 2 is 1.94 bits per heavy atom. The van der Waals surface area contributed by atoms with Gasteiger partial charge in [-0.3, -0.25) is 14.5 Å². The van der Waals surface area contributed by atoms with Crippen molar-refractivity contribution < 1.29 is 19.1 Å². The molecule has 0 saturated carbocycles. The summed E-state index contributed by atoms with van der Waals surface area (Å²) in [5.74, 6) is -0.0378. The molecule has 1 saturated heterocycles. The summed E-state index contributed by atoms with van der Waals surface area (Å²) >= 11 is 1.56. The number of pyridine rings is 1. The second kappa shape index (κ2) is 9.14. The minimum Gasteiger partial charge on any atom is -0.444 e. The number of thiazole rings is 1. The molecule has 1 fully saturated rings. The van der Waals surface area contributed by atoms with E-state index in [-0.39, 0.29) is 24.9 Å². The summed E-state index contributed by atoms with van der Waals surface area (Å²) in [5, 5.41) is 5.57. The number of nitrogens with zero attached hydrogens (tertiary/aromatic N) is 4. The zero-order chi connectivity index (χ0) is 23.6. The van der Waals surface area contributed by atoms with Gasteiger partial charge in [0.25, 0.3) is 0 Å². The normalized spacial score (nSPS) is 16.1. The maximum atomic E-state index is 12.5. The van der Waals surface area contributed by atoms with E-state index in [1.165, 1.54) is 11.0 Å².